The SMILES string of the molecule is CCCC(C)N1CCNC2=C(C=CC(C)C=N2)C1=O. The van der Waals surface area contributed by atoms with Gasteiger partial charge in [0.1, 0.15) is 5.82 Å². The summed E-state index contributed by atoms with van der Waals surface area (Å²) in [5.74, 6) is 1.09. The molecule has 0 bridgehead atoms. The van der Waals surface area contributed by atoms with E-state index in [1.807, 2.05) is 23.3 Å². The minimum absolute atomic E-state index is 0.100. The van der Waals surface area contributed by atoms with Crippen LogP contribution in [0.5, 0.6) is 0 Å². The Morgan fingerprint density at radius 2 is 2.37 bits per heavy atom. The summed E-state index contributed by atoms with van der Waals surface area (Å²) in [5, 5.41) is 3.27. The molecule has 2 aliphatic heterocycles. The number of amides is 1. The third-order valence-corrected chi connectivity index (χ3v) is 3.64. The first-order valence-corrected chi connectivity index (χ1v) is 7.15. The number of carbonyl (C=O) groups is 1. The summed E-state index contributed by atoms with van der Waals surface area (Å²) < 4.78 is 0. The number of nitrogens with zero attached hydrogens (tertiary/aromatic N) is 2. The van der Waals surface area contributed by atoms with Crippen LogP contribution in [0.3, 0.4) is 0 Å². The van der Waals surface area contributed by atoms with Gasteiger partial charge in [-0.25, -0.2) is 4.99 Å². The molecule has 4 heteroatoms. The molecule has 0 aliphatic carbocycles. The molecule has 0 saturated carbocycles. The molecule has 0 saturated heterocycles. The van der Waals surface area contributed by atoms with Gasteiger partial charge in [-0.1, -0.05) is 26.3 Å². The average molecular weight is 261 g/mol. The average Bonchev–Trinajstić information content (AvgIpc) is 2.65. The van der Waals surface area contributed by atoms with Gasteiger partial charge in [0.15, 0.2) is 0 Å². The Morgan fingerprint density at radius 1 is 1.58 bits per heavy atom. The number of hydrogen-bond acceptors (Lipinski definition) is 3. The highest BCUT2D eigenvalue weighted by Gasteiger charge is 2.27. The molecule has 2 aliphatic rings. The van der Waals surface area contributed by atoms with Crippen LogP contribution < -0.4 is 5.32 Å². The Labute approximate surface area is 115 Å². The number of nitrogens with one attached hydrogen (secondary N) is 1. The second kappa shape index (κ2) is 6.04. The first-order valence-electron chi connectivity index (χ1n) is 7.15. The largest absolute Gasteiger partial charge is 0.368 e. The Balaban J connectivity index is 2.27. The summed E-state index contributed by atoms with van der Waals surface area (Å²) >= 11 is 0. The molecular formula is C15H23N3O. The van der Waals surface area contributed by atoms with E-state index in [-0.39, 0.29) is 17.9 Å². The lowest BCUT2D eigenvalue weighted by atomic mass is 10.1. The van der Waals surface area contributed by atoms with Gasteiger partial charge in [-0.2, -0.15) is 0 Å². The van der Waals surface area contributed by atoms with Crippen molar-refractivity contribution in [2.45, 2.75) is 39.7 Å². The van der Waals surface area contributed by atoms with E-state index < -0.39 is 0 Å². The summed E-state index contributed by atoms with van der Waals surface area (Å²) in [6.07, 6.45) is 7.95. The zero-order valence-electron chi connectivity index (χ0n) is 12.0. The van der Waals surface area contributed by atoms with Crippen molar-refractivity contribution in [3.05, 3.63) is 23.5 Å². The zero-order valence-corrected chi connectivity index (χ0v) is 12.0. The molecule has 19 heavy (non-hydrogen) atoms. The minimum atomic E-state index is 0.100. The van der Waals surface area contributed by atoms with E-state index in [0.29, 0.717) is 5.57 Å². The predicted octanol–water partition coefficient (Wildman–Crippen LogP) is 2.10. The normalized spacial score (nSPS) is 24.7. The lowest BCUT2D eigenvalue weighted by Gasteiger charge is -2.27. The fourth-order valence-corrected chi connectivity index (χ4v) is 2.50. The molecule has 2 unspecified atom stereocenters. The van der Waals surface area contributed by atoms with Crippen molar-refractivity contribution < 1.29 is 4.79 Å². The number of rotatable bonds is 3. The Hall–Kier alpha value is -1.58. The first kappa shape index (κ1) is 13.8. The standard InChI is InChI=1S/C15H23N3O/c1-4-5-12(3)18-9-8-16-14-13(15(18)19)7-6-11(2)10-17-14/h6-7,10-12,16H,4-5,8-9H2,1-3H3. The second-order valence-electron chi connectivity index (χ2n) is 5.32. The number of aliphatic imine (C=N–C) groups is 1. The van der Waals surface area contributed by atoms with Gasteiger partial charge in [0.05, 0.1) is 5.57 Å². The van der Waals surface area contributed by atoms with Crippen LogP contribution in [0.25, 0.3) is 0 Å². The van der Waals surface area contributed by atoms with Crippen molar-refractivity contribution in [1.82, 2.24) is 10.2 Å². The molecule has 0 spiro atoms. The molecule has 0 aromatic rings. The van der Waals surface area contributed by atoms with Gasteiger partial charge in [0, 0.05) is 31.3 Å². The van der Waals surface area contributed by atoms with Gasteiger partial charge < -0.3 is 10.2 Å². The molecule has 2 atom stereocenters. The van der Waals surface area contributed by atoms with E-state index in [1.165, 1.54) is 0 Å². The summed E-state index contributed by atoms with van der Waals surface area (Å²) in [6, 6.07) is 0.282. The van der Waals surface area contributed by atoms with E-state index in [4.69, 9.17) is 0 Å². The molecule has 0 aromatic heterocycles. The molecule has 104 valence electrons. The monoisotopic (exact) mass is 261 g/mol. The summed E-state index contributed by atoms with van der Waals surface area (Å²) in [6.45, 7) is 7.84. The molecule has 0 aromatic carbocycles. The Bertz CT molecular complexity index is 437. The van der Waals surface area contributed by atoms with Gasteiger partial charge >= 0.3 is 0 Å². The first-order chi connectivity index (χ1) is 9.13. The highest BCUT2D eigenvalue weighted by molar-refractivity contribution is 5.98. The van der Waals surface area contributed by atoms with Crippen molar-refractivity contribution in [2.24, 2.45) is 10.9 Å². The molecule has 0 fully saturated rings. The van der Waals surface area contributed by atoms with E-state index in [1.54, 1.807) is 0 Å². The summed E-state index contributed by atoms with van der Waals surface area (Å²) in [4.78, 5) is 19.0. The van der Waals surface area contributed by atoms with E-state index in [2.05, 4.69) is 31.1 Å². The lowest BCUT2D eigenvalue weighted by Crippen LogP contribution is -2.40. The fourth-order valence-electron chi connectivity index (χ4n) is 2.50. The van der Waals surface area contributed by atoms with Crippen LogP contribution in [0.2, 0.25) is 0 Å². The Morgan fingerprint density at radius 3 is 3.11 bits per heavy atom. The van der Waals surface area contributed by atoms with Crippen LogP contribution in [-0.4, -0.2) is 36.2 Å². The predicted molar refractivity (Wildman–Crippen MR) is 77.9 cm³/mol. The number of hydrogen-bond donors (Lipinski definition) is 1. The molecule has 2 heterocycles. The quantitative estimate of drug-likeness (QED) is 0.845. The molecule has 1 N–H and O–H groups in total. The van der Waals surface area contributed by atoms with Gasteiger partial charge in [0.25, 0.3) is 5.91 Å². The minimum Gasteiger partial charge on any atom is -0.368 e. The zero-order chi connectivity index (χ0) is 13.8. The summed E-state index contributed by atoms with van der Waals surface area (Å²) in [5.41, 5.74) is 0.695. The maximum absolute atomic E-state index is 12.7. The fraction of sp³-hybridized carbons (Fsp3) is 0.600. The lowest BCUT2D eigenvalue weighted by molar-refractivity contribution is -0.128. The third-order valence-electron chi connectivity index (χ3n) is 3.64. The van der Waals surface area contributed by atoms with Crippen molar-refractivity contribution >= 4 is 12.1 Å². The second-order valence-corrected chi connectivity index (χ2v) is 5.32. The van der Waals surface area contributed by atoms with E-state index >= 15 is 0 Å². The maximum Gasteiger partial charge on any atom is 0.257 e. The number of allylic oxidation sites excluding steroid dienone is 1. The topological polar surface area (TPSA) is 44.7 Å². The molecule has 0 radical (unpaired) electrons. The van der Waals surface area contributed by atoms with Crippen molar-refractivity contribution in [1.29, 1.82) is 0 Å². The highest BCUT2D eigenvalue weighted by Crippen LogP contribution is 2.19. The molecular weight excluding hydrogens is 238 g/mol. The van der Waals surface area contributed by atoms with E-state index in [0.717, 1.165) is 31.8 Å². The molecule has 4 nitrogen and oxygen atoms in total. The van der Waals surface area contributed by atoms with Crippen LogP contribution >= 0.6 is 0 Å². The van der Waals surface area contributed by atoms with Gasteiger partial charge in [-0.05, 0) is 19.4 Å². The molecule has 1 amide bonds. The van der Waals surface area contributed by atoms with Gasteiger partial charge in [0.2, 0.25) is 0 Å². The highest BCUT2D eigenvalue weighted by atomic mass is 16.2. The third kappa shape index (κ3) is 3.06. The van der Waals surface area contributed by atoms with Crippen LogP contribution in [0.4, 0.5) is 0 Å². The van der Waals surface area contributed by atoms with Crippen molar-refractivity contribution in [2.75, 3.05) is 13.1 Å². The van der Waals surface area contributed by atoms with E-state index in [9.17, 15) is 4.79 Å². The van der Waals surface area contributed by atoms with Crippen molar-refractivity contribution in [3.63, 3.8) is 0 Å². The van der Waals surface area contributed by atoms with Crippen LogP contribution in [0.1, 0.15) is 33.6 Å². The maximum atomic E-state index is 12.7. The van der Waals surface area contributed by atoms with Gasteiger partial charge in [-0.15, -0.1) is 0 Å². The number of carbonyl (C=O) groups excluding carboxylic acids is 1. The summed E-state index contributed by atoms with van der Waals surface area (Å²) in [7, 11) is 0. The van der Waals surface area contributed by atoms with Crippen LogP contribution in [0.15, 0.2) is 28.5 Å². The Kier molecular flexibility index (Phi) is 4.40. The smallest absolute Gasteiger partial charge is 0.257 e. The van der Waals surface area contributed by atoms with Gasteiger partial charge in [-0.3, -0.25) is 4.79 Å². The van der Waals surface area contributed by atoms with Crippen LogP contribution in [0, 0.1) is 5.92 Å². The molecule has 2 rings (SSSR count). The van der Waals surface area contributed by atoms with Crippen LogP contribution in [-0.2, 0) is 4.79 Å². The van der Waals surface area contributed by atoms with Crippen molar-refractivity contribution in [3.8, 4) is 0 Å².